The van der Waals surface area contributed by atoms with Gasteiger partial charge in [-0.3, -0.25) is 18.6 Å². The Morgan fingerprint density at radius 1 is 0.554 bits per heavy atom. The van der Waals surface area contributed by atoms with Gasteiger partial charge in [0.2, 0.25) is 0 Å². The van der Waals surface area contributed by atoms with Crippen LogP contribution in [0.25, 0.3) is 0 Å². The maximum atomic E-state index is 12.8. The largest absolute Gasteiger partial charge is 0.472 e. The fourth-order valence-electron chi connectivity index (χ4n) is 7.01. The molecule has 0 heterocycles. The van der Waals surface area contributed by atoms with Crippen molar-refractivity contribution in [1.29, 1.82) is 0 Å². The van der Waals surface area contributed by atoms with Crippen molar-refractivity contribution < 1.29 is 73.3 Å². The van der Waals surface area contributed by atoms with Crippen molar-refractivity contribution in [3.63, 3.8) is 0 Å². The molecule has 0 aliphatic heterocycles. The Balaban J connectivity index is 2.50. The van der Waals surface area contributed by atoms with Crippen LogP contribution < -0.4 is 0 Å². The van der Waals surface area contributed by atoms with Crippen molar-refractivity contribution in [1.82, 2.24) is 0 Å². The van der Waals surface area contributed by atoms with Gasteiger partial charge in [0.15, 0.2) is 6.10 Å². The molecule has 0 aromatic rings. The summed E-state index contributed by atoms with van der Waals surface area (Å²) in [5.41, 5.74) is 0. The molecule has 0 aromatic heterocycles. The van der Waals surface area contributed by atoms with E-state index in [1.807, 2.05) is 12.2 Å². The third kappa shape index (κ3) is 30.5. The summed E-state index contributed by atoms with van der Waals surface area (Å²) in [5.74, 6) is -1.23. The normalized spacial score (nSPS) is 22.9. The molecule has 0 radical (unpaired) electrons. The van der Waals surface area contributed by atoms with Gasteiger partial charge in [0.1, 0.15) is 43.2 Å². The van der Waals surface area contributed by atoms with Crippen LogP contribution in [-0.4, -0.2) is 121 Å². The van der Waals surface area contributed by atoms with E-state index in [4.69, 9.17) is 18.5 Å². The zero-order chi connectivity index (χ0) is 48.1. The number of hydrogen-bond donors (Lipinski definition) is 8. The second kappa shape index (κ2) is 38.4. The Morgan fingerprint density at radius 2 is 1.03 bits per heavy atom. The molecule has 1 rings (SSSR count). The SMILES string of the molecule is CC/C=C\C/C=C\C/C=C\C/C=C\CCCCCCCCC(=O)O[C@H](COC(=O)CCCCCCC[C@@H](O)[C@H](O)C/C=C\CCCCC)COP(=O)(O)OC1[C@H](O)[C@H](O)C(O)[C@H](O)[C@H]1O. The number of esters is 2. The minimum absolute atomic E-state index is 0.0460. The summed E-state index contributed by atoms with van der Waals surface area (Å²) in [5, 5.41) is 70.7. The monoisotopic (exact) mass is 945 g/mol. The lowest BCUT2D eigenvalue weighted by molar-refractivity contribution is -0.220. The lowest BCUT2D eigenvalue weighted by Crippen LogP contribution is -2.64. The summed E-state index contributed by atoms with van der Waals surface area (Å²) in [6, 6.07) is 0. The van der Waals surface area contributed by atoms with Crippen LogP contribution in [0.1, 0.15) is 168 Å². The van der Waals surface area contributed by atoms with E-state index in [0.29, 0.717) is 32.1 Å². The Kier molecular flexibility index (Phi) is 35.8. The highest BCUT2D eigenvalue weighted by molar-refractivity contribution is 7.47. The van der Waals surface area contributed by atoms with E-state index in [-0.39, 0.29) is 12.8 Å². The fraction of sp³-hybridized carbons (Fsp3) is 0.755. The molecule has 0 saturated heterocycles. The third-order valence-corrected chi connectivity index (χ3v) is 12.0. The van der Waals surface area contributed by atoms with Crippen LogP contribution in [0.4, 0.5) is 0 Å². The molecule has 3 unspecified atom stereocenters. The van der Waals surface area contributed by atoms with E-state index in [1.165, 1.54) is 6.42 Å². The number of rotatable bonds is 39. The molecule has 8 N–H and O–H groups in total. The molecule has 1 aliphatic rings. The second-order valence-electron chi connectivity index (χ2n) is 16.9. The van der Waals surface area contributed by atoms with Crippen LogP contribution >= 0.6 is 7.82 Å². The molecule has 0 amide bonds. The predicted octanol–water partition coefficient (Wildman–Crippen LogP) is 7.67. The molecular formula is C49H85O15P. The average molecular weight is 945 g/mol. The number of unbranched alkanes of at least 4 members (excludes halogenated alkanes) is 13. The molecule has 16 heteroatoms. The number of carbonyl (C=O) groups is 2. The van der Waals surface area contributed by atoms with E-state index in [9.17, 15) is 54.8 Å². The van der Waals surface area contributed by atoms with Crippen LogP contribution in [0, 0.1) is 0 Å². The van der Waals surface area contributed by atoms with Gasteiger partial charge in [-0.2, -0.15) is 0 Å². The molecule has 10 atom stereocenters. The number of aliphatic hydroxyl groups excluding tert-OH is 7. The van der Waals surface area contributed by atoms with E-state index in [0.717, 1.165) is 103 Å². The average Bonchev–Trinajstić information content (AvgIpc) is 3.28. The van der Waals surface area contributed by atoms with E-state index < -0.39 is 87.9 Å². The Hall–Kier alpha value is -2.53. The number of allylic oxidation sites excluding steroid dienone is 9. The molecule has 65 heavy (non-hydrogen) atoms. The quantitative estimate of drug-likeness (QED) is 0.0127. The van der Waals surface area contributed by atoms with Gasteiger partial charge in [-0.15, -0.1) is 0 Å². The van der Waals surface area contributed by atoms with Gasteiger partial charge in [-0.05, 0) is 77.0 Å². The lowest BCUT2D eigenvalue weighted by Gasteiger charge is -2.41. The van der Waals surface area contributed by atoms with Crippen molar-refractivity contribution in [2.24, 2.45) is 0 Å². The van der Waals surface area contributed by atoms with Crippen LogP contribution in [0.3, 0.4) is 0 Å². The van der Waals surface area contributed by atoms with Crippen LogP contribution in [-0.2, 0) is 32.7 Å². The maximum Gasteiger partial charge on any atom is 0.472 e. The first-order valence-electron chi connectivity index (χ1n) is 24.3. The number of phosphoric acid groups is 1. The Labute approximate surface area is 388 Å². The second-order valence-corrected chi connectivity index (χ2v) is 18.3. The molecule has 0 aromatic carbocycles. The first-order valence-corrected chi connectivity index (χ1v) is 25.8. The summed E-state index contributed by atoms with van der Waals surface area (Å²) in [6.07, 6.45) is 25.6. The van der Waals surface area contributed by atoms with Gasteiger partial charge in [-0.25, -0.2) is 4.57 Å². The van der Waals surface area contributed by atoms with E-state index in [1.54, 1.807) is 0 Å². The van der Waals surface area contributed by atoms with Crippen LogP contribution in [0.15, 0.2) is 60.8 Å². The molecule has 376 valence electrons. The highest BCUT2D eigenvalue weighted by Gasteiger charge is 2.51. The minimum Gasteiger partial charge on any atom is -0.462 e. The van der Waals surface area contributed by atoms with Gasteiger partial charge in [-0.1, -0.05) is 139 Å². The maximum absolute atomic E-state index is 12.8. The van der Waals surface area contributed by atoms with Gasteiger partial charge >= 0.3 is 19.8 Å². The minimum atomic E-state index is -5.16. The third-order valence-electron chi connectivity index (χ3n) is 11.0. The molecule has 0 bridgehead atoms. The van der Waals surface area contributed by atoms with Gasteiger partial charge < -0.3 is 50.1 Å². The first kappa shape index (κ1) is 60.5. The van der Waals surface area contributed by atoms with Gasteiger partial charge in [0, 0.05) is 12.8 Å². The summed E-state index contributed by atoms with van der Waals surface area (Å²) in [4.78, 5) is 35.8. The van der Waals surface area contributed by atoms with Crippen molar-refractivity contribution in [2.45, 2.75) is 223 Å². The molecule has 1 saturated carbocycles. The molecule has 0 spiro atoms. The van der Waals surface area contributed by atoms with Crippen LogP contribution in [0.2, 0.25) is 0 Å². The Morgan fingerprint density at radius 3 is 1.62 bits per heavy atom. The number of hydrogen-bond acceptors (Lipinski definition) is 14. The molecule has 15 nitrogen and oxygen atoms in total. The zero-order valence-electron chi connectivity index (χ0n) is 39.2. The first-order chi connectivity index (χ1) is 31.2. The molecule has 1 fully saturated rings. The standard InChI is InChI=1S/C49H85O15P/c1-3-5-7-9-11-12-13-14-15-16-17-18-19-20-21-22-23-27-32-36-43(53)63-39(38-62-65(59,60)64-49-47(57)45(55)44(54)46(56)48(49)58)37-61-42(52)35-31-28-24-26-30-34-41(51)40(50)33-29-25-10-8-6-4-2/h5,7,11-12,14-15,17-18,25,29,39-41,44-51,54-58H,3-4,6,8-10,13,16,19-24,26-28,30-38H2,1-2H3,(H,59,60)/b7-5-,12-11-,15-14-,18-17-,29-25-/t39-,40-,41-,44?,45-,46+,47-,48-,49?/m1/s1. The highest BCUT2D eigenvalue weighted by atomic mass is 31.2. The summed E-state index contributed by atoms with van der Waals surface area (Å²) in [7, 11) is -5.16. The van der Waals surface area contributed by atoms with Gasteiger partial charge in [0.25, 0.3) is 0 Å². The van der Waals surface area contributed by atoms with Crippen molar-refractivity contribution in [3.05, 3.63) is 60.8 Å². The van der Waals surface area contributed by atoms with E-state index in [2.05, 4.69) is 62.5 Å². The number of aliphatic hydroxyl groups is 7. The molecular weight excluding hydrogens is 859 g/mol. The smallest absolute Gasteiger partial charge is 0.462 e. The van der Waals surface area contributed by atoms with Crippen LogP contribution in [0.5, 0.6) is 0 Å². The highest BCUT2D eigenvalue weighted by Crippen LogP contribution is 2.47. The summed E-state index contributed by atoms with van der Waals surface area (Å²) >= 11 is 0. The Bertz CT molecular complexity index is 1400. The van der Waals surface area contributed by atoms with Crippen molar-refractivity contribution in [3.8, 4) is 0 Å². The topological polar surface area (TPSA) is 250 Å². The number of carbonyl (C=O) groups excluding carboxylic acids is 2. The summed E-state index contributed by atoms with van der Waals surface area (Å²) < 4.78 is 33.5. The predicted molar refractivity (Wildman–Crippen MR) is 251 cm³/mol. The van der Waals surface area contributed by atoms with Crippen molar-refractivity contribution >= 4 is 19.8 Å². The lowest BCUT2D eigenvalue weighted by atomic mass is 9.85. The zero-order valence-corrected chi connectivity index (χ0v) is 40.1. The number of phosphoric ester groups is 1. The van der Waals surface area contributed by atoms with Crippen molar-refractivity contribution in [2.75, 3.05) is 13.2 Å². The van der Waals surface area contributed by atoms with Gasteiger partial charge in [0.05, 0.1) is 18.8 Å². The number of ether oxygens (including phenoxy) is 2. The van der Waals surface area contributed by atoms with E-state index >= 15 is 0 Å². The summed E-state index contributed by atoms with van der Waals surface area (Å²) in [6.45, 7) is 2.98. The fourth-order valence-corrected chi connectivity index (χ4v) is 7.98. The molecule has 1 aliphatic carbocycles.